The van der Waals surface area contributed by atoms with Crippen LogP contribution in [0.15, 0.2) is 171 Å². The molecule has 0 aliphatic carbocycles. The van der Waals surface area contributed by atoms with E-state index in [0.717, 1.165) is 0 Å². The average molecular weight is 767 g/mol. The number of rotatable bonds is 6. The molecule has 42 heavy (non-hydrogen) atoms. The summed E-state index contributed by atoms with van der Waals surface area (Å²) in [5.41, 5.74) is 0. The summed E-state index contributed by atoms with van der Waals surface area (Å²) in [6.07, 6.45) is 4.25. The van der Waals surface area contributed by atoms with Crippen molar-refractivity contribution in [1.82, 2.24) is 0 Å². The van der Waals surface area contributed by atoms with Gasteiger partial charge in [-0.15, -0.1) is 0 Å². The molecule has 0 fully saturated rings. The Morgan fingerprint density at radius 1 is 0.452 bits per heavy atom. The fourth-order valence-corrected chi connectivity index (χ4v) is 10.3. The Hall–Kier alpha value is -3.17. The number of hydrogen-bond acceptors (Lipinski definition) is 0. The van der Waals surface area contributed by atoms with Gasteiger partial charge in [0, 0.05) is 20.1 Å². The minimum Gasteiger partial charge on any atom is -0.245 e. The van der Waals surface area contributed by atoms with Crippen LogP contribution in [-0.4, -0.2) is 0 Å². The first-order valence-corrected chi connectivity index (χ1v) is 17.0. The second-order valence-corrected chi connectivity index (χ2v) is 13.9. The number of allylic oxidation sites excluding steroid dienone is 2. The van der Waals surface area contributed by atoms with Gasteiger partial charge in [0.05, 0.1) is 0 Å². The van der Waals surface area contributed by atoms with Crippen molar-refractivity contribution in [3.8, 4) is 0 Å². The summed E-state index contributed by atoms with van der Waals surface area (Å²) in [4.78, 5) is 0. The van der Waals surface area contributed by atoms with Crippen LogP contribution in [-0.2, 0) is 20.1 Å². The van der Waals surface area contributed by atoms with Gasteiger partial charge in [-0.3, -0.25) is 0 Å². The predicted molar refractivity (Wildman–Crippen MR) is 194 cm³/mol. The van der Waals surface area contributed by atoms with Gasteiger partial charge < -0.3 is 0 Å². The maximum atomic E-state index is 3.25. The van der Waals surface area contributed by atoms with Crippen molar-refractivity contribution in [3.05, 3.63) is 185 Å². The first-order valence-electron chi connectivity index (χ1n) is 14.0. The van der Waals surface area contributed by atoms with Gasteiger partial charge >= 0.3 is 0 Å². The van der Waals surface area contributed by atoms with Gasteiger partial charge in [-0.1, -0.05) is 105 Å². The fraction of sp³-hybridized carbons (Fsp3) is 0.0769. The minimum absolute atomic E-state index is 0. The van der Waals surface area contributed by atoms with E-state index < -0.39 is 15.8 Å². The first kappa shape index (κ1) is 36.9. The molecule has 0 aliphatic rings. The summed E-state index contributed by atoms with van der Waals surface area (Å²) < 4.78 is 0. The molecule has 0 bridgehead atoms. The van der Waals surface area contributed by atoms with Crippen LogP contribution in [0.25, 0.3) is 0 Å². The van der Waals surface area contributed by atoms with E-state index in [4.69, 9.17) is 0 Å². The molecule has 0 amide bonds. The van der Waals surface area contributed by atoms with E-state index in [0.29, 0.717) is 0 Å². The van der Waals surface area contributed by atoms with Crippen LogP contribution in [0, 0.1) is 13.8 Å². The molecular formula is C39H44IrP2. The second-order valence-electron chi connectivity index (χ2n) is 9.04. The van der Waals surface area contributed by atoms with Crippen LogP contribution in [0.4, 0.5) is 0 Å². The molecule has 0 aromatic heterocycles. The third kappa shape index (κ3) is 11.6. The molecule has 0 spiro atoms. The van der Waals surface area contributed by atoms with Crippen LogP contribution in [0.1, 0.15) is 20.3 Å². The van der Waals surface area contributed by atoms with E-state index in [1.54, 1.807) is 0 Å². The Morgan fingerprint density at radius 2 is 0.619 bits per heavy atom. The third-order valence-electron chi connectivity index (χ3n) is 5.72. The Morgan fingerprint density at radius 3 is 0.810 bits per heavy atom. The molecule has 0 aliphatic heterocycles. The standard InChI is InChI=1S/C30H24P2.C3H8.2C3H5.Ir/c1-5-15-25(16-6-1)31(26-17-7-2-8-18-26)29-23-13-14-24-30(29)32(27-19-9-3-10-20-27)28-21-11-4-12-22-28;3*1-3-2;/h1-24H;3H2,1-2H3;2*3H,1-2H2;/q;;2*-1;/p+2. The Bertz CT molecular complexity index is 1180. The summed E-state index contributed by atoms with van der Waals surface area (Å²) in [5, 5.41) is 8.71. The van der Waals surface area contributed by atoms with Crippen LogP contribution in [0.3, 0.4) is 0 Å². The average Bonchev–Trinajstić information content (AvgIpc) is 3.02. The summed E-state index contributed by atoms with van der Waals surface area (Å²) in [5.74, 6) is 0. The topological polar surface area (TPSA) is 0 Å². The zero-order valence-corrected chi connectivity index (χ0v) is 29.3. The molecule has 5 rings (SSSR count). The molecule has 0 heterocycles. The zero-order chi connectivity index (χ0) is 29.7. The van der Waals surface area contributed by atoms with Crippen molar-refractivity contribution < 1.29 is 20.1 Å². The van der Waals surface area contributed by atoms with Gasteiger partial charge in [-0.25, -0.2) is 39.2 Å². The number of benzene rings is 5. The molecule has 3 heteroatoms. The van der Waals surface area contributed by atoms with E-state index in [2.05, 4.69) is 186 Å². The number of hydrogen-bond donors (Lipinski definition) is 0. The molecular weight excluding hydrogens is 723 g/mol. The molecule has 5 aromatic carbocycles. The summed E-state index contributed by atoms with van der Waals surface area (Å²) in [6.45, 7) is 17.2. The van der Waals surface area contributed by atoms with E-state index in [-0.39, 0.29) is 20.1 Å². The Kier molecular flexibility index (Phi) is 19.7. The van der Waals surface area contributed by atoms with Crippen molar-refractivity contribution in [3.63, 3.8) is 0 Å². The molecule has 0 saturated heterocycles. The van der Waals surface area contributed by atoms with Crippen LogP contribution in [0.2, 0.25) is 0 Å². The minimum atomic E-state index is -1.14. The summed E-state index contributed by atoms with van der Waals surface area (Å²) >= 11 is 0. The predicted octanol–water partition coefficient (Wildman–Crippen LogP) is 8.09. The zero-order valence-electron chi connectivity index (χ0n) is 24.9. The Balaban J connectivity index is 0.000000788. The maximum absolute atomic E-state index is 3.25. The van der Waals surface area contributed by atoms with Crippen molar-refractivity contribution >= 4 is 47.7 Å². The fourth-order valence-electron chi connectivity index (χ4n) is 4.29. The van der Waals surface area contributed by atoms with Crippen molar-refractivity contribution in [1.29, 1.82) is 0 Å². The Labute approximate surface area is 271 Å². The van der Waals surface area contributed by atoms with Gasteiger partial charge in [0.15, 0.2) is 0 Å². The van der Waals surface area contributed by atoms with Crippen LogP contribution < -0.4 is 31.8 Å². The van der Waals surface area contributed by atoms with Crippen LogP contribution in [0.5, 0.6) is 0 Å². The van der Waals surface area contributed by atoms with Gasteiger partial charge in [0.25, 0.3) is 0 Å². The molecule has 5 aromatic rings. The second kappa shape index (κ2) is 22.4. The molecule has 1 radical (unpaired) electrons. The smallest absolute Gasteiger partial charge is 0.144 e. The molecule has 0 atom stereocenters. The van der Waals surface area contributed by atoms with Crippen LogP contribution >= 0.6 is 15.8 Å². The third-order valence-corrected chi connectivity index (χ3v) is 11.6. The van der Waals surface area contributed by atoms with Gasteiger partial charge in [0.2, 0.25) is 0 Å². The largest absolute Gasteiger partial charge is 0.245 e. The monoisotopic (exact) mass is 767 g/mol. The quantitative estimate of drug-likeness (QED) is 0.121. The van der Waals surface area contributed by atoms with Gasteiger partial charge in [0.1, 0.15) is 47.7 Å². The normalized spacial score (nSPS) is 9.43. The molecule has 0 saturated carbocycles. The van der Waals surface area contributed by atoms with E-state index >= 15 is 0 Å². The molecule has 0 nitrogen and oxygen atoms in total. The van der Waals surface area contributed by atoms with E-state index in [1.807, 2.05) is 0 Å². The first-order chi connectivity index (χ1) is 20.2. The van der Waals surface area contributed by atoms with E-state index in [9.17, 15) is 0 Å². The molecule has 219 valence electrons. The van der Waals surface area contributed by atoms with Gasteiger partial charge in [-0.05, 0) is 60.7 Å². The summed E-state index contributed by atoms with van der Waals surface area (Å²) in [6, 6.07) is 53.4. The van der Waals surface area contributed by atoms with E-state index in [1.165, 1.54) is 50.4 Å². The molecule has 0 unspecified atom stereocenters. The van der Waals surface area contributed by atoms with Crippen molar-refractivity contribution in [2.75, 3.05) is 0 Å². The maximum Gasteiger partial charge on any atom is 0.144 e. The molecule has 0 N–H and O–H groups in total. The van der Waals surface area contributed by atoms with Crippen molar-refractivity contribution in [2.24, 2.45) is 0 Å². The SMILES string of the molecule is C=C[CH2-].C=C[CH2-].CCC.[Ir].c1ccc([PH+](c2ccccc2)c2ccccc2[PH+](c2ccccc2)c2ccccc2)cc1. The van der Waals surface area contributed by atoms with Crippen molar-refractivity contribution in [2.45, 2.75) is 20.3 Å². The summed E-state index contributed by atoms with van der Waals surface area (Å²) in [7, 11) is -2.28. The van der Waals surface area contributed by atoms with Gasteiger partial charge in [-0.2, -0.15) is 0 Å².